The van der Waals surface area contributed by atoms with Gasteiger partial charge in [-0.2, -0.15) is 0 Å². The molecule has 0 fully saturated rings. The molecular weight excluding hydrogens is 436 g/mol. The Labute approximate surface area is 215 Å². The van der Waals surface area contributed by atoms with E-state index in [1.54, 1.807) is 0 Å². The Balaban J connectivity index is 1.55. The maximum absolute atomic E-state index is 3.90. The number of hydrogen-bond acceptors (Lipinski definition) is 2. The Morgan fingerprint density at radius 3 is 1.39 bits per heavy atom. The zero-order valence-corrected chi connectivity index (χ0v) is 21.1. The van der Waals surface area contributed by atoms with E-state index in [-0.39, 0.29) is 0 Å². The summed E-state index contributed by atoms with van der Waals surface area (Å²) in [7, 11) is 0. The van der Waals surface area contributed by atoms with Crippen LogP contribution < -0.4 is 9.80 Å². The van der Waals surface area contributed by atoms with Gasteiger partial charge in [0.1, 0.15) is 0 Å². The van der Waals surface area contributed by atoms with Crippen LogP contribution in [0.4, 0.5) is 28.4 Å². The van der Waals surface area contributed by atoms with Gasteiger partial charge < -0.3 is 9.80 Å². The molecule has 5 rings (SSSR count). The van der Waals surface area contributed by atoms with Crippen LogP contribution in [0.25, 0.3) is 6.08 Å². The molecule has 0 atom stereocenters. The summed E-state index contributed by atoms with van der Waals surface area (Å²) < 4.78 is 0. The van der Waals surface area contributed by atoms with Crippen LogP contribution in [0, 0.1) is 13.8 Å². The summed E-state index contributed by atoms with van der Waals surface area (Å²) >= 11 is 0. The zero-order chi connectivity index (χ0) is 24.9. The molecule has 36 heavy (non-hydrogen) atoms. The molecule has 1 aliphatic carbocycles. The maximum atomic E-state index is 3.90. The molecule has 0 unspecified atom stereocenters. The summed E-state index contributed by atoms with van der Waals surface area (Å²) in [6, 6.07) is 34.8. The van der Waals surface area contributed by atoms with Crippen LogP contribution in [-0.4, -0.2) is 0 Å². The van der Waals surface area contributed by atoms with Crippen molar-refractivity contribution in [3.63, 3.8) is 0 Å². The molecule has 2 heteroatoms. The molecule has 0 saturated heterocycles. The molecule has 0 spiro atoms. The van der Waals surface area contributed by atoms with E-state index in [1.807, 2.05) is 6.08 Å². The summed E-state index contributed by atoms with van der Waals surface area (Å²) in [5.41, 5.74) is 10.5. The highest BCUT2D eigenvalue weighted by atomic mass is 15.2. The summed E-state index contributed by atoms with van der Waals surface area (Å²) in [6.45, 7) is 8.15. The van der Waals surface area contributed by atoms with Crippen LogP contribution in [-0.2, 0) is 0 Å². The fraction of sp³-hybridized carbons (Fsp3) is 0.118. The number of anilines is 5. The first-order chi connectivity index (χ1) is 17.6. The zero-order valence-electron chi connectivity index (χ0n) is 21.1. The summed E-state index contributed by atoms with van der Waals surface area (Å²) in [4.78, 5) is 4.64. The van der Waals surface area contributed by atoms with Crippen molar-refractivity contribution in [2.75, 3.05) is 9.80 Å². The third-order valence-corrected chi connectivity index (χ3v) is 6.57. The topological polar surface area (TPSA) is 6.48 Å². The smallest absolute Gasteiger partial charge is 0.0463 e. The first-order valence-electron chi connectivity index (χ1n) is 12.6. The molecular formula is C34H32N2. The van der Waals surface area contributed by atoms with E-state index in [9.17, 15) is 0 Å². The molecule has 4 aromatic carbocycles. The van der Waals surface area contributed by atoms with E-state index in [1.165, 1.54) is 22.5 Å². The number of hydrogen-bond donors (Lipinski definition) is 0. The van der Waals surface area contributed by atoms with Crippen molar-refractivity contribution < 1.29 is 0 Å². The second-order valence-electron chi connectivity index (χ2n) is 9.26. The largest absolute Gasteiger partial charge is 0.311 e. The van der Waals surface area contributed by atoms with Crippen molar-refractivity contribution in [3.05, 3.63) is 144 Å². The van der Waals surface area contributed by atoms with Crippen molar-refractivity contribution in [3.8, 4) is 0 Å². The highest BCUT2D eigenvalue weighted by molar-refractivity contribution is 5.79. The van der Waals surface area contributed by atoms with Gasteiger partial charge in [0.15, 0.2) is 0 Å². The lowest BCUT2D eigenvalue weighted by atomic mass is 10.1. The van der Waals surface area contributed by atoms with E-state index in [2.05, 4.69) is 146 Å². The number of rotatable bonds is 7. The van der Waals surface area contributed by atoms with Gasteiger partial charge in [0.2, 0.25) is 0 Å². The second-order valence-corrected chi connectivity index (χ2v) is 9.26. The highest BCUT2D eigenvalue weighted by Gasteiger charge is 2.17. The fourth-order valence-corrected chi connectivity index (χ4v) is 4.56. The molecule has 0 aliphatic heterocycles. The Kier molecular flexibility index (Phi) is 6.86. The van der Waals surface area contributed by atoms with Gasteiger partial charge in [-0.15, -0.1) is 0 Å². The van der Waals surface area contributed by atoms with E-state index >= 15 is 0 Å². The van der Waals surface area contributed by atoms with Crippen LogP contribution in [0.1, 0.15) is 29.5 Å². The average molecular weight is 469 g/mol. The van der Waals surface area contributed by atoms with Gasteiger partial charge in [-0.05, 0) is 99.0 Å². The molecule has 1 aliphatic rings. The van der Waals surface area contributed by atoms with Crippen molar-refractivity contribution in [2.24, 2.45) is 0 Å². The van der Waals surface area contributed by atoms with Gasteiger partial charge in [-0.3, -0.25) is 0 Å². The summed E-state index contributed by atoms with van der Waals surface area (Å²) in [5, 5.41) is 0. The monoisotopic (exact) mass is 468 g/mol. The molecule has 2 nitrogen and oxygen atoms in total. The molecule has 0 aromatic heterocycles. The molecule has 0 heterocycles. The third kappa shape index (κ3) is 5.04. The Bertz CT molecular complexity index is 1370. The first-order valence-corrected chi connectivity index (χ1v) is 12.6. The van der Waals surface area contributed by atoms with Crippen LogP contribution in [0.5, 0.6) is 0 Å². The number of aryl methyl sites for hydroxylation is 2. The predicted octanol–water partition coefficient (Wildman–Crippen LogP) is 9.79. The minimum Gasteiger partial charge on any atom is -0.311 e. The first kappa shape index (κ1) is 23.4. The van der Waals surface area contributed by atoms with E-state index in [4.69, 9.17) is 0 Å². The predicted molar refractivity (Wildman–Crippen MR) is 156 cm³/mol. The van der Waals surface area contributed by atoms with E-state index in [0.29, 0.717) is 0 Å². The minimum absolute atomic E-state index is 1.06. The van der Waals surface area contributed by atoms with Gasteiger partial charge in [0.25, 0.3) is 0 Å². The van der Waals surface area contributed by atoms with Crippen molar-refractivity contribution >= 4 is 34.5 Å². The standard InChI is InChI=1S/C34H32N2/c1-4-28-14-20-32(21-15-28)36(31-18-12-27(3)13-19-31)34-24-22-33(23-25-34)35(29-8-6-5-7-9-29)30-16-10-26(2)11-17-30/h4,6,8-25H,1,5,7H2,2-3H3. The van der Waals surface area contributed by atoms with E-state index in [0.717, 1.165) is 41.2 Å². The SMILES string of the molecule is C=Cc1ccc(N(c2ccc(C)cc2)c2ccc(N(C3=CCCC=C3)c3ccc(C)cc3)cc2)cc1. The molecule has 0 amide bonds. The quantitative estimate of drug-likeness (QED) is 0.266. The van der Waals surface area contributed by atoms with Gasteiger partial charge in [-0.25, -0.2) is 0 Å². The number of allylic oxidation sites excluding steroid dienone is 3. The van der Waals surface area contributed by atoms with Gasteiger partial charge in [-0.1, -0.05) is 72.3 Å². The lowest BCUT2D eigenvalue weighted by Crippen LogP contribution is -2.16. The molecule has 0 bridgehead atoms. The Morgan fingerprint density at radius 2 is 0.972 bits per heavy atom. The number of nitrogens with zero attached hydrogens (tertiary/aromatic N) is 2. The van der Waals surface area contributed by atoms with Gasteiger partial charge in [0, 0.05) is 34.1 Å². The van der Waals surface area contributed by atoms with Crippen LogP contribution in [0.2, 0.25) is 0 Å². The van der Waals surface area contributed by atoms with Crippen LogP contribution in [0.15, 0.2) is 128 Å². The normalized spacial score (nSPS) is 12.7. The fourth-order valence-electron chi connectivity index (χ4n) is 4.56. The van der Waals surface area contributed by atoms with Crippen molar-refractivity contribution in [2.45, 2.75) is 26.7 Å². The van der Waals surface area contributed by atoms with Crippen LogP contribution >= 0.6 is 0 Å². The molecule has 178 valence electrons. The number of benzene rings is 4. The van der Waals surface area contributed by atoms with E-state index < -0.39 is 0 Å². The van der Waals surface area contributed by atoms with Crippen molar-refractivity contribution in [1.29, 1.82) is 0 Å². The maximum Gasteiger partial charge on any atom is 0.0463 e. The highest BCUT2D eigenvalue weighted by Crippen LogP contribution is 2.38. The molecule has 0 saturated carbocycles. The average Bonchev–Trinajstić information content (AvgIpc) is 2.93. The van der Waals surface area contributed by atoms with Gasteiger partial charge in [0.05, 0.1) is 0 Å². The van der Waals surface area contributed by atoms with Crippen LogP contribution in [0.3, 0.4) is 0 Å². The molecule has 4 aromatic rings. The molecule has 0 N–H and O–H groups in total. The van der Waals surface area contributed by atoms with Gasteiger partial charge >= 0.3 is 0 Å². The lowest BCUT2D eigenvalue weighted by Gasteiger charge is -2.29. The Hall–Kier alpha value is -4.30. The minimum atomic E-state index is 1.06. The lowest BCUT2D eigenvalue weighted by molar-refractivity contribution is 0.997. The van der Waals surface area contributed by atoms with Crippen molar-refractivity contribution in [1.82, 2.24) is 0 Å². The molecule has 0 radical (unpaired) electrons. The summed E-state index contributed by atoms with van der Waals surface area (Å²) in [5.74, 6) is 0. The summed E-state index contributed by atoms with van der Waals surface area (Å²) in [6.07, 6.45) is 10.9. The second kappa shape index (κ2) is 10.5. The Morgan fingerprint density at radius 1 is 0.556 bits per heavy atom. The third-order valence-electron chi connectivity index (χ3n) is 6.57.